The third kappa shape index (κ3) is 1.17. The summed E-state index contributed by atoms with van der Waals surface area (Å²) in [5.74, 6) is 0.406. The molecule has 0 saturated carbocycles. The number of aromatic nitrogens is 2. The fourth-order valence-corrected chi connectivity index (χ4v) is 1.33. The zero-order chi connectivity index (χ0) is 10.1. The van der Waals surface area contributed by atoms with Gasteiger partial charge in [-0.05, 0) is 24.1 Å². The molecule has 14 heavy (non-hydrogen) atoms. The molecule has 0 bridgehead atoms. The molecule has 0 atom stereocenters. The lowest BCUT2D eigenvalue weighted by molar-refractivity contribution is 1.10. The lowest BCUT2D eigenvalue weighted by atomic mass is 10.1. The Balaban J connectivity index is 2.75. The lowest BCUT2D eigenvalue weighted by Crippen LogP contribution is -1.90. The number of nitrogens with zero attached hydrogens (tertiary/aromatic N) is 3. The Bertz CT molecular complexity index is 543. The smallest absolute Gasteiger partial charge is 0.217 e. The maximum atomic E-state index is 8.80. The van der Waals surface area contributed by atoms with Gasteiger partial charge < -0.3 is 0 Å². The van der Waals surface area contributed by atoms with Crippen LogP contribution in [0.25, 0.3) is 11.1 Å². The summed E-state index contributed by atoms with van der Waals surface area (Å²) in [7, 11) is 0. The third-order valence-corrected chi connectivity index (χ3v) is 2.12. The first-order valence-corrected chi connectivity index (χ1v) is 4.25. The molecule has 0 unspecified atom stereocenters. The van der Waals surface area contributed by atoms with Crippen molar-refractivity contribution in [3.63, 3.8) is 0 Å². The molecule has 2 aromatic heterocycles. The van der Waals surface area contributed by atoms with E-state index in [9.17, 15) is 0 Å². The van der Waals surface area contributed by atoms with Crippen LogP contribution in [-0.2, 0) is 0 Å². The van der Waals surface area contributed by atoms with E-state index in [4.69, 9.17) is 5.26 Å². The van der Waals surface area contributed by atoms with E-state index < -0.39 is 0 Å². The molecule has 2 rings (SSSR count). The Morgan fingerprint density at radius 3 is 3.00 bits per heavy atom. The molecule has 0 saturated heterocycles. The first kappa shape index (κ1) is 8.52. The number of allylic oxidation sites excluding steroid dienone is 1. The summed E-state index contributed by atoms with van der Waals surface area (Å²) in [4.78, 5) is 3.99. The Morgan fingerprint density at radius 1 is 1.57 bits per heavy atom. The van der Waals surface area contributed by atoms with Gasteiger partial charge in [-0.3, -0.25) is 4.40 Å². The molecule has 0 radical (unpaired) electrons. The molecular weight excluding hydrogens is 174 g/mol. The first-order chi connectivity index (χ1) is 6.72. The number of hydrogen-bond donors (Lipinski definition) is 0. The van der Waals surface area contributed by atoms with Crippen LogP contribution in [0, 0.1) is 11.3 Å². The van der Waals surface area contributed by atoms with Gasteiger partial charge in [0.15, 0.2) is 0 Å². The van der Waals surface area contributed by atoms with Crippen molar-refractivity contribution in [1.29, 1.82) is 5.26 Å². The molecule has 0 aliphatic carbocycles. The van der Waals surface area contributed by atoms with E-state index in [2.05, 4.69) is 11.6 Å². The summed E-state index contributed by atoms with van der Waals surface area (Å²) in [6.07, 6.45) is 3.56. The highest BCUT2D eigenvalue weighted by Gasteiger charge is 2.02. The molecule has 0 N–H and O–H groups in total. The molecule has 0 aliphatic heterocycles. The van der Waals surface area contributed by atoms with Gasteiger partial charge in [-0.25, -0.2) is 4.98 Å². The number of imidazole rings is 1. The van der Waals surface area contributed by atoms with Crippen molar-refractivity contribution in [1.82, 2.24) is 9.38 Å². The predicted octanol–water partition coefficient (Wildman–Crippen LogP) is 2.24. The highest BCUT2D eigenvalue weighted by atomic mass is 15.0. The van der Waals surface area contributed by atoms with Crippen LogP contribution in [0.2, 0.25) is 0 Å². The normalized spacial score (nSPS) is 10.0. The van der Waals surface area contributed by atoms with E-state index in [0.717, 1.165) is 16.7 Å². The van der Waals surface area contributed by atoms with Crippen LogP contribution in [-0.4, -0.2) is 9.38 Å². The molecule has 0 aliphatic rings. The molecule has 0 amide bonds. The lowest BCUT2D eigenvalue weighted by Gasteiger charge is -2.00. The number of rotatable bonds is 1. The van der Waals surface area contributed by atoms with E-state index in [1.165, 1.54) is 0 Å². The predicted molar refractivity (Wildman–Crippen MR) is 54.6 cm³/mol. The van der Waals surface area contributed by atoms with Crippen LogP contribution in [0.15, 0.2) is 31.1 Å². The molecule has 68 valence electrons. The molecule has 2 aromatic rings. The van der Waals surface area contributed by atoms with E-state index in [-0.39, 0.29) is 0 Å². The Hall–Kier alpha value is -2.08. The van der Waals surface area contributed by atoms with Crippen molar-refractivity contribution in [3.05, 3.63) is 42.5 Å². The first-order valence-electron chi connectivity index (χ1n) is 4.25. The van der Waals surface area contributed by atoms with Crippen LogP contribution >= 0.6 is 0 Å². The second kappa shape index (κ2) is 3.00. The van der Waals surface area contributed by atoms with Crippen LogP contribution in [0.4, 0.5) is 0 Å². The summed E-state index contributed by atoms with van der Waals surface area (Å²) in [5, 5.41) is 8.80. The molecule has 3 nitrogen and oxygen atoms in total. The van der Waals surface area contributed by atoms with Gasteiger partial charge in [-0.15, -0.1) is 0 Å². The third-order valence-electron chi connectivity index (χ3n) is 2.12. The van der Waals surface area contributed by atoms with Gasteiger partial charge >= 0.3 is 0 Å². The number of fused-ring (bicyclic) bond motifs is 1. The van der Waals surface area contributed by atoms with Gasteiger partial charge in [0, 0.05) is 6.20 Å². The molecule has 2 heterocycles. The van der Waals surface area contributed by atoms with Gasteiger partial charge in [-0.2, -0.15) is 5.26 Å². The van der Waals surface area contributed by atoms with Crippen LogP contribution in [0.1, 0.15) is 18.3 Å². The van der Waals surface area contributed by atoms with Gasteiger partial charge in [-0.1, -0.05) is 12.6 Å². The van der Waals surface area contributed by atoms with Gasteiger partial charge in [0.25, 0.3) is 0 Å². The highest BCUT2D eigenvalue weighted by Crippen LogP contribution is 2.14. The maximum Gasteiger partial charge on any atom is 0.217 e. The SMILES string of the molecule is C=C(C)c1ccc2cnc(C#N)n2c1. The Labute approximate surface area is 81.9 Å². The fourth-order valence-electron chi connectivity index (χ4n) is 1.33. The van der Waals surface area contributed by atoms with Gasteiger partial charge in [0.1, 0.15) is 6.07 Å². The van der Waals surface area contributed by atoms with E-state index in [1.807, 2.05) is 31.3 Å². The molecule has 0 aromatic carbocycles. The van der Waals surface area contributed by atoms with E-state index >= 15 is 0 Å². The van der Waals surface area contributed by atoms with Crippen molar-refractivity contribution in [2.75, 3.05) is 0 Å². The molecular formula is C11H9N3. The standard InChI is InChI=1S/C11H9N3/c1-8(2)9-3-4-10-6-13-11(5-12)14(10)7-9/h3-4,6-7H,1H2,2H3. The van der Waals surface area contributed by atoms with Gasteiger partial charge in [0.05, 0.1) is 11.7 Å². The van der Waals surface area contributed by atoms with Gasteiger partial charge in [0.2, 0.25) is 5.82 Å². The van der Waals surface area contributed by atoms with Crippen molar-refractivity contribution in [3.8, 4) is 6.07 Å². The van der Waals surface area contributed by atoms with Crippen LogP contribution in [0.5, 0.6) is 0 Å². The monoisotopic (exact) mass is 183 g/mol. The summed E-state index contributed by atoms with van der Waals surface area (Å²) in [6, 6.07) is 5.94. The summed E-state index contributed by atoms with van der Waals surface area (Å²) < 4.78 is 1.77. The Morgan fingerprint density at radius 2 is 2.36 bits per heavy atom. The second-order valence-corrected chi connectivity index (χ2v) is 3.19. The maximum absolute atomic E-state index is 8.80. The average molecular weight is 183 g/mol. The topological polar surface area (TPSA) is 41.1 Å². The highest BCUT2D eigenvalue weighted by molar-refractivity contribution is 5.63. The average Bonchev–Trinajstić information content (AvgIpc) is 2.59. The minimum absolute atomic E-state index is 0.406. The van der Waals surface area contributed by atoms with Crippen LogP contribution in [0.3, 0.4) is 0 Å². The zero-order valence-corrected chi connectivity index (χ0v) is 7.86. The van der Waals surface area contributed by atoms with Crippen molar-refractivity contribution in [2.24, 2.45) is 0 Å². The van der Waals surface area contributed by atoms with E-state index in [0.29, 0.717) is 5.82 Å². The van der Waals surface area contributed by atoms with Crippen molar-refractivity contribution >= 4 is 11.1 Å². The molecule has 3 heteroatoms. The number of hydrogen-bond acceptors (Lipinski definition) is 2. The number of nitriles is 1. The second-order valence-electron chi connectivity index (χ2n) is 3.19. The zero-order valence-electron chi connectivity index (χ0n) is 7.86. The fraction of sp³-hybridized carbons (Fsp3) is 0.0909. The number of pyridine rings is 1. The Kier molecular flexibility index (Phi) is 1.83. The van der Waals surface area contributed by atoms with Crippen LogP contribution < -0.4 is 0 Å². The van der Waals surface area contributed by atoms with Crippen molar-refractivity contribution in [2.45, 2.75) is 6.92 Å². The van der Waals surface area contributed by atoms with Crippen molar-refractivity contribution < 1.29 is 0 Å². The summed E-state index contributed by atoms with van der Waals surface area (Å²) in [6.45, 7) is 5.79. The summed E-state index contributed by atoms with van der Waals surface area (Å²) >= 11 is 0. The minimum Gasteiger partial charge on any atom is -0.291 e. The largest absolute Gasteiger partial charge is 0.291 e. The molecule has 0 fully saturated rings. The molecule has 0 spiro atoms. The quantitative estimate of drug-likeness (QED) is 0.680. The minimum atomic E-state index is 0.406. The van der Waals surface area contributed by atoms with E-state index in [1.54, 1.807) is 10.6 Å². The summed E-state index contributed by atoms with van der Waals surface area (Å²) in [5.41, 5.74) is 2.92.